The SMILES string of the molecule is CC(C)CNC(=O)N(C[C@@H](O)[C@H](Cc1ccccc1)NC(=O)[C@H](CC(N)=O)NC(=O)OCc1ccccc1)C(C)C. The first-order chi connectivity index (χ1) is 19.5. The van der Waals surface area contributed by atoms with Gasteiger partial charge < -0.3 is 36.4 Å². The molecule has 5 amide bonds. The minimum atomic E-state index is -1.34. The Labute approximate surface area is 241 Å². The molecule has 0 spiro atoms. The maximum atomic E-state index is 13.3. The number of ether oxygens (including phenoxy) is 1. The highest BCUT2D eigenvalue weighted by Crippen LogP contribution is 2.11. The summed E-state index contributed by atoms with van der Waals surface area (Å²) in [6.45, 7) is 8.01. The molecule has 224 valence electrons. The lowest BCUT2D eigenvalue weighted by molar-refractivity contribution is -0.128. The molecular weight excluding hydrogens is 526 g/mol. The van der Waals surface area contributed by atoms with Crippen molar-refractivity contribution in [3.63, 3.8) is 0 Å². The third-order valence-corrected chi connectivity index (χ3v) is 6.25. The summed E-state index contributed by atoms with van der Waals surface area (Å²) in [5.74, 6) is -1.28. The van der Waals surface area contributed by atoms with Crippen LogP contribution in [0.4, 0.5) is 9.59 Å². The van der Waals surface area contributed by atoms with Crippen molar-refractivity contribution in [1.82, 2.24) is 20.9 Å². The predicted molar refractivity (Wildman–Crippen MR) is 156 cm³/mol. The number of carbonyl (C=O) groups is 4. The average molecular weight is 570 g/mol. The first-order valence-corrected chi connectivity index (χ1v) is 13.8. The van der Waals surface area contributed by atoms with Crippen molar-refractivity contribution in [3.8, 4) is 0 Å². The molecule has 0 bridgehead atoms. The van der Waals surface area contributed by atoms with Gasteiger partial charge in [0.1, 0.15) is 12.6 Å². The predicted octanol–water partition coefficient (Wildman–Crippen LogP) is 2.32. The number of nitrogens with two attached hydrogens (primary N) is 1. The lowest BCUT2D eigenvalue weighted by atomic mass is 9.99. The highest BCUT2D eigenvalue weighted by molar-refractivity contribution is 5.90. The van der Waals surface area contributed by atoms with Crippen molar-refractivity contribution in [2.45, 2.75) is 71.4 Å². The van der Waals surface area contributed by atoms with E-state index >= 15 is 0 Å². The molecule has 0 saturated carbocycles. The number of alkyl carbamates (subject to hydrolysis) is 1. The molecule has 0 unspecified atom stereocenters. The number of amides is 5. The standard InChI is InChI=1S/C30H43N5O6/c1-20(2)17-32-29(39)35(21(3)4)18-26(36)24(15-22-11-7-5-8-12-22)33-28(38)25(16-27(31)37)34-30(40)41-19-23-13-9-6-10-14-23/h5-14,20-21,24-26,36H,15-19H2,1-4H3,(H2,31,37)(H,32,39)(H,33,38)(H,34,40)/t24-,25-,26+/m0/s1. The summed E-state index contributed by atoms with van der Waals surface area (Å²) in [4.78, 5) is 51.9. The highest BCUT2D eigenvalue weighted by Gasteiger charge is 2.31. The molecule has 0 saturated heterocycles. The Morgan fingerprint density at radius 2 is 1.49 bits per heavy atom. The van der Waals surface area contributed by atoms with Crippen LogP contribution in [0.25, 0.3) is 0 Å². The lowest BCUT2D eigenvalue weighted by Crippen LogP contribution is -2.57. The molecule has 2 aromatic rings. The van der Waals surface area contributed by atoms with E-state index in [2.05, 4.69) is 16.0 Å². The van der Waals surface area contributed by atoms with Gasteiger partial charge in [-0.2, -0.15) is 0 Å². The molecular formula is C30H43N5O6. The van der Waals surface area contributed by atoms with E-state index in [9.17, 15) is 24.3 Å². The maximum absolute atomic E-state index is 13.3. The highest BCUT2D eigenvalue weighted by atomic mass is 16.5. The number of hydrogen-bond donors (Lipinski definition) is 5. The third kappa shape index (κ3) is 12.3. The quantitative estimate of drug-likeness (QED) is 0.221. The molecule has 0 aliphatic heterocycles. The van der Waals surface area contributed by atoms with Gasteiger partial charge >= 0.3 is 12.1 Å². The van der Waals surface area contributed by atoms with Crippen LogP contribution >= 0.6 is 0 Å². The summed E-state index contributed by atoms with van der Waals surface area (Å²) in [6, 6.07) is 15.4. The fourth-order valence-corrected chi connectivity index (χ4v) is 4.00. The number of aliphatic hydroxyl groups excluding tert-OH is 1. The molecule has 3 atom stereocenters. The Morgan fingerprint density at radius 3 is 2.02 bits per heavy atom. The zero-order valence-electron chi connectivity index (χ0n) is 24.2. The Bertz CT molecular complexity index is 1110. The molecule has 0 aromatic heterocycles. The summed E-state index contributed by atoms with van der Waals surface area (Å²) in [6.07, 6.45) is -2.32. The van der Waals surface area contributed by atoms with Crippen molar-refractivity contribution >= 4 is 23.9 Å². The fraction of sp³-hybridized carbons (Fsp3) is 0.467. The molecule has 2 rings (SSSR count). The van der Waals surface area contributed by atoms with E-state index in [1.54, 1.807) is 24.3 Å². The normalized spacial score (nSPS) is 13.1. The van der Waals surface area contributed by atoms with Crippen LogP contribution in [0.1, 0.15) is 45.2 Å². The zero-order chi connectivity index (χ0) is 30.4. The van der Waals surface area contributed by atoms with E-state index in [0.717, 1.165) is 11.1 Å². The van der Waals surface area contributed by atoms with Crippen LogP contribution in [0.15, 0.2) is 60.7 Å². The Balaban J connectivity index is 2.18. The van der Waals surface area contributed by atoms with Gasteiger partial charge in [-0.3, -0.25) is 9.59 Å². The van der Waals surface area contributed by atoms with Crippen LogP contribution in [0.2, 0.25) is 0 Å². The zero-order valence-corrected chi connectivity index (χ0v) is 24.2. The second kappa shape index (κ2) is 16.9. The molecule has 0 aliphatic rings. The topological polar surface area (TPSA) is 163 Å². The molecule has 0 heterocycles. The first-order valence-electron chi connectivity index (χ1n) is 13.8. The van der Waals surface area contributed by atoms with Crippen molar-refractivity contribution in [2.24, 2.45) is 11.7 Å². The van der Waals surface area contributed by atoms with Crippen LogP contribution in [0.3, 0.4) is 0 Å². The van der Waals surface area contributed by atoms with E-state index in [-0.39, 0.29) is 37.6 Å². The van der Waals surface area contributed by atoms with Crippen molar-refractivity contribution in [2.75, 3.05) is 13.1 Å². The molecule has 0 radical (unpaired) electrons. The number of rotatable bonds is 15. The second-order valence-electron chi connectivity index (χ2n) is 10.6. The number of carbonyl (C=O) groups excluding carboxylic acids is 4. The molecule has 2 aromatic carbocycles. The summed E-state index contributed by atoms with van der Waals surface area (Å²) < 4.78 is 5.20. The van der Waals surface area contributed by atoms with Crippen LogP contribution in [-0.4, -0.2) is 71.3 Å². The van der Waals surface area contributed by atoms with Crippen LogP contribution in [0.5, 0.6) is 0 Å². The van der Waals surface area contributed by atoms with Gasteiger partial charge in [0.2, 0.25) is 11.8 Å². The van der Waals surface area contributed by atoms with Crippen molar-refractivity contribution in [3.05, 3.63) is 71.8 Å². The number of benzene rings is 2. The van der Waals surface area contributed by atoms with Crippen molar-refractivity contribution < 1.29 is 29.0 Å². The molecule has 6 N–H and O–H groups in total. The first kappa shape index (κ1) is 33.1. The molecule has 0 fully saturated rings. The summed E-state index contributed by atoms with van der Waals surface area (Å²) in [5, 5.41) is 19.3. The molecule has 11 heteroatoms. The number of nitrogens with one attached hydrogen (secondary N) is 3. The number of primary amides is 1. The fourth-order valence-electron chi connectivity index (χ4n) is 4.00. The third-order valence-electron chi connectivity index (χ3n) is 6.25. The van der Waals surface area contributed by atoms with Gasteiger partial charge in [-0.15, -0.1) is 0 Å². The largest absolute Gasteiger partial charge is 0.445 e. The smallest absolute Gasteiger partial charge is 0.408 e. The number of nitrogens with zero attached hydrogens (tertiary/aromatic N) is 1. The minimum Gasteiger partial charge on any atom is -0.445 e. The van der Waals surface area contributed by atoms with Gasteiger partial charge in [-0.05, 0) is 37.3 Å². The van der Waals surface area contributed by atoms with Crippen LogP contribution < -0.4 is 21.7 Å². The van der Waals surface area contributed by atoms with Gasteiger partial charge in [-0.1, -0.05) is 74.5 Å². The Morgan fingerprint density at radius 1 is 0.902 bits per heavy atom. The second-order valence-corrected chi connectivity index (χ2v) is 10.6. The Kier molecular flexibility index (Phi) is 13.6. The maximum Gasteiger partial charge on any atom is 0.408 e. The van der Waals surface area contributed by atoms with Gasteiger partial charge in [0, 0.05) is 12.6 Å². The van der Waals surface area contributed by atoms with E-state index in [1.165, 1.54) is 4.90 Å². The van der Waals surface area contributed by atoms with Gasteiger partial charge in [0.25, 0.3) is 0 Å². The monoisotopic (exact) mass is 569 g/mol. The van der Waals surface area contributed by atoms with E-state index < -0.39 is 42.5 Å². The van der Waals surface area contributed by atoms with Gasteiger partial charge in [0.05, 0.1) is 25.1 Å². The van der Waals surface area contributed by atoms with Crippen molar-refractivity contribution in [1.29, 1.82) is 0 Å². The Hall–Kier alpha value is -4.12. The van der Waals surface area contributed by atoms with E-state index in [0.29, 0.717) is 6.54 Å². The summed E-state index contributed by atoms with van der Waals surface area (Å²) in [7, 11) is 0. The number of urea groups is 1. The van der Waals surface area contributed by atoms with E-state index in [1.807, 2.05) is 64.1 Å². The van der Waals surface area contributed by atoms with E-state index in [4.69, 9.17) is 10.5 Å². The van der Waals surface area contributed by atoms with Crippen LogP contribution in [-0.2, 0) is 27.4 Å². The average Bonchev–Trinajstić information content (AvgIpc) is 2.93. The minimum absolute atomic E-state index is 0.0309. The summed E-state index contributed by atoms with van der Waals surface area (Å²) in [5.41, 5.74) is 6.94. The molecule has 11 nitrogen and oxygen atoms in total. The molecule has 41 heavy (non-hydrogen) atoms. The van der Waals surface area contributed by atoms with Crippen LogP contribution in [0, 0.1) is 5.92 Å². The summed E-state index contributed by atoms with van der Waals surface area (Å²) >= 11 is 0. The molecule has 0 aliphatic carbocycles. The number of aliphatic hydroxyl groups is 1. The van der Waals surface area contributed by atoms with Gasteiger partial charge in [0.15, 0.2) is 0 Å². The number of hydrogen-bond acceptors (Lipinski definition) is 6. The lowest BCUT2D eigenvalue weighted by Gasteiger charge is -2.33. The van der Waals surface area contributed by atoms with Gasteiger partial charge in [-0.25, -0.2) is 9.59 Å².